The lowest BCUT2D eigenvalue weighted by Gasteiger charge is -2.23. The van der Waals surface area contributed by atoms with Crippen LogP contribution in [-0.4, -0.2) is 56.0 Å². The Hall–Kier alpha value is -2.57. The SMILES string of the molecule is CCC(=O)OCn1c(=O)ccn([C@@H]2O[C@](F)(COC(=O)C(C)C)[C@@H](O)[C@H]2O)c1=O. The van der Waals surface area contributed by atoms with Crippen LogP contribution < -0.4 is 11.2 Å². The van der Waals surface area contributed by atoms with Gasteiger partial charge in [-0.1, -0.05) is 20.8 Å². The minimum Gasteiger partial charge on any atom is -0.459 e. The number of nitrogens with zero attached hydrogens (tertiary/aromatic N) is 2. The number of hydrogen-bond acceptors (Lipinski definition) is 9. The van der Waals surface area contributed by atoms with E-state index < -0.39 is 66.7 Å². The molecule has 2 heterocycles. The molecule has 1 fully saturated rings. The number of carbonyl (C=O) groups excluding carboxylic acids is 2. The van der Waals surface area contributed by atoms with E-state index in [-0.39, 0.29) is 6.42 Å². The summed E-state index contributed by atoms with van der Waals surface area (Å²) >= 11 is 0. The maximum absolute atomic E-state index is 15.0. The Morgan fingerprint density at radius 1 is 1.31 bits per heavy atom. The van der Waals surface area contributed by atoms with E-state index in [2.05, 4.69) is 0 Å². The number of ether oxygens (including phenoxy) is 3. The van der Waals surface area contributed by atoms with Crippen LogP contribution in [0.2, 0.25) is 0 Å². The summed E-state index contributed by atoms with van der Waals surface area (Å²) in [5.74, 6) is -4.95. The van der Waals surface area contributed by atoms with E-state index in [1.54, 1.807) is 0 Å². The Morgan fingerprint density at radius 2 is 1.97 bits per heavy atom. The molecule has 2 N–H and O–H groups in total. The molecule has 0 unspecified atom stereocenters. The minimum atomic E-state index is -2.98. The molecule has 0 aromatic carbocycles. The zero-order valence-corrected chi connectivity index (χ0v) is 16.1. The average Bonchev–Trinajstić information content (AvgIpc) is 2.90. The first-order chi connectivity index (χ1) is 13.5. The molecule has 1 saturated heterocycles. The summed E-state index contributed by atoms with van der Waals surface area (Å²) in [7, 11) is 0. The van der Waals surface area contributed by atoms with Crippen LogP contribution in [-0.2, 0) is 30.5 Å². The summed E-state index contributed by atoms with van der Waals surface area (Å²) in [5.41, 5.74) is -1.87. The summed E-state index contributed by atoms with van der Waals surface area (Å²) in [6, 6.07) is 0.917. The summed E-state index contributed by atoms with van der Waals surface area (Å²) < 4.78 is 30.7. The summed E-state index contributed by atoms with van der Waals surface area (Å²) in [6.45, 7) is 2.85. The minimum absolute atomic E-state index is 0.0197. The Labute approximate surface area is 164 Å². The Kier molecular flexibility index (Phi) is 6.93. The number of alkyl halides is 1. The largest absolute Gasteiger partial charge is 0.459 e. The van der Waals surface area contributed by atoms with Gasteiger partial charge in [-0.25, -0.2) is 13.8 Å². The van der Waals surface area contributed by atoms with Crippen molar-refractivity contribution in [2.45, 2.75) is 58.2 Å². The van der Waals surface area contributed by atoms with E-state index in [1.807, 2.05) is 0 Å². The van der Waals surface area contributed by atoms with Crippen molar-refractivity contribution < 1.29 is 38.4 Å². The van der Waals surface area contributed by atoms with Gasteiger partial charge in [0.1, 0.15) is 12.2 Å². The topological polar surface area (TPSA) is 146 Å². The first-order valence-corrected chi connectivity index (χ1v) is 8.89. The number of carbonyl (C=O) groups is 2. The maximum Gasteiger partial charge on any atom is 0.335 e. The second kappa shape index (κ2) is 8.84. The highest BCUT2D eigenvalue weighted by molar-refractivity contribution is 5.71. The molecule has 0 radical (unpaired) electrons. The predicted octanol–water partition coefficient (Wildman–Crippen LogP) is -0.964. The van der Waals surface area contributed by atoms with Crippen LogP contribution in [0.15, 0.2) is 21.9 Å². The molecule has 1 aliphatic rings. The monoisotopic (exact) mass is 418 g/mol. The van der Waals surface area contributed by atoms with Crippen molar-refractivity contribution in [1.29, 1.82) is 0 Å². The van der Waals surface area contributed by atoms with Crippen LogP contribution in [0.1, 0.15) is 33.4 Å². The predicted molar refractivity (Wildman–Crippen MR) is 93.1 cm³/mol. The lowest BCUT2D eigenvalue weighted by molar-refractivity contribution is -0.218. The molecule has 1 aromatic heterocycles. The van der Waals surface area contributed by atoms with E-state index in [0.717, 1.165) is 12.3 Å². The second-order valence-electron chi connectivity index (χ2n) is 6.76. The molecular weight excluding hydrogens is 395 g/mol. The van der Waals surface area contributed by atoms with Crippen LogP contribution in [0.4, 0.5) is 4.39 Å². The Morgan fingerprint density at radius 3 is 2.55 bits per heavy atom. The molecule has 29 heavy (non-hydrogen) atoms. The molecular formula is C17H23FN2O9. The normalized spacial score (nSPS) is 26.5. The highest BCUT2D eigenvalue weighted by atomic mass is 19.2. The first kappa shape index (κ1) is 22.7. The van der Waals surface area contributed by atoms with Gasteiger partial charge in [-0.15, -0.1) is 0 Å². The molecule has 1 aromatic rings. The number of aliphatic hydroxyl groups excluding tert-OH is 2. The number of esters is 2. The van der Waals surface area contributed by atoms with E-state index in [0.29, 0.717) is 9.13 Å². The number of rotatable bonds is 7. The third kappa shape index (κ3) is 4.71. The van der Waals surface area contributed by atoms with Gasteiger partial charge >= 0.3 is 17.6 Å². The van der Waals surface area contributed by atoms with Gasteiger partial charge in [0.05, 0.1) is 5.92 Å². The first-order valence-electron chi connectivity index (χ1n) is 8.89. The molecule has 0 amide bonds. The van der Waals surface area contributed by atoms with Gasteiger partial charge in [-0.3, -0.25) is 19.0 Å². The van der Waals surface area contributed by atoms with Crippen molar-refractivity contribution in [3.05, 3.63) is 33.1 Å². The molecule has 162 valence electrons. The Bertz CT molecular complexity index is 880. The third-order valence-electron chi connectivity index (χ3n) is 4.27. The van der Waals surface area contributed by atoms with Crippen molar-refractivity contribution in [2.75, 3.05) is 6.61 Å². The van der Waals surface area contributed by atoms with E-state index in [9.17, 15) is 33.8 Å². The summed E-state index contributed by atoms with van der Waals surface area (Å²) in [6.07, 6.45) is -4.83. The van der Waals surface area contributed by atoms with Crippen LogP contribution >= 0.6 is 0 Å². The van der Waals surface area contributed by atoms with Crippen molar-refractivity contribution in [1.82, 2.24) is 9.13 Å². The van der Waals surface area contributed by atoms with Crippen molar-refractivity contribution >= 4 is 11.9 Å². The Balaban J connectivity index is 2.28. The smallest absolute Gasteiger partial charge is 0.335 e. The van der Waals surface area contributed by atoms with Gasteiger partial charge < -0.3 is 24.4 Å². The van der Waals surface area contributed by atoms with Crippen molar-refractivity contribution in [3.8, 4) is 0 Å². The molecule has 1 aliphatic heterocycles. The van der Waals surface area contributed by atoms with Crippen LogP contribution in [0.5, 0.6) is 0 Å². The fourth-order valence-corrected chi connectivity index (χ4v) is 2.51. The molecule has 4 atom stereocenters. The van der Waals surface area contributed by atoms with Crippen molar-refractivity contribution in [2.24, 2.45) is 5.92 Å². The van der Waals surface area contributed by atoms with Crippen molar-refractivity contribution in [3.63, 3.8) is 0 Å². The zero-order chi connectivity index (χ0) is 21.9. The highest BCUT2D eigenvalue weighted by Crippen LogP contribution is 2.38. The van der Waals surface area contributed by atoms with Gasteiger partial charge in [0.2, 0.25) is 0 Å². The quantitative estimate of drug-likeness (QED) is 0.534. The molecule has 2 rings (SSSR count). The second-order valence-corrected chi connectivity index (χ2v) is 6.76. The van der Waals surface area contributed by atoms with E-state index >= 15 is 0 Å². The van der Waals surface area contributed by atoms with Gasteiger partial charge in [-0.2, -0.15) is 0 Å². The van der Waals surface area contributed by atoms with Gasteiger partial charge in [-0.05, 0) is 0 Å². The van der Waals surface area contributed by atoms with Gasteiger partial charge in [0, 0.05) is 18.7 Å². The van der Waals surface area contributed by atoms with E-state index in [1.165, 1.54) is 20.8 Å². The van der Waals surface area contributed by atoms with Gasteiger partial charge in [0.15, 0.2) is 19.6 Å². The number of aliphatic hydroxyl groups is 2. The van der Waals surface area contributed by atoms with Crippen LogP contribution in [0, 0.1) is 5.92 Å². The lowest BCUT2D eigenvalue weighted by Crippen LogP contribution is -2.44. The summed E-state index contributed by atoms with van der Waals surface area (Å²) in [4.78, 5) is 47.3. The van der Waals surface area contributed by atoms with E-state index in [4.69, 9.17) is 14.2 Å². The standard InChI is InChI=1S/C17H23FN2O9/c1-4-11(22)28-8-20-10(21)5-6-19(16(20)26)14-12(23)13(24)17(18,29-14)7-27-15(25)9(2)3/h5-6,9,12-14,23-24H,4,7-8H2,1-3H3/t12-,13+,14-,17-/m1/s1. The number of aromatic nitrogens is 2. The maximum atomic E-state index is 15.0. The fraction of sp³-hybridized carbons (Fsp3) is 0.647. The highest BCUT2D eigenvalue weighted by Gasteiger charge is 2.57. The van der Waals surface area contributed by atoms with Crippen LogP contribution in [0.25, 0.3) is 0 Å². The fourth-order valence-electron chi connectivity index (χ4n) is 2.51. The third-order valence-corrected chi connectivity index (χ3v) is 4.27. The number of halogens is 1. The zero-order valence-electron chi connectivity index (χ0n) is 16.1. The number of hydrogen-bond donors (Lipinski definition) is 2. The van der Waals surface area contributed by atoms with Crippen LogP contribution in [0.3, 0.4) is 0 Å². The molecule has 11 nitrogen and oxygen atoms in total. The average molecular weight is 418 g/mol. The molecule has 0 aliphatic carbocycles. The lowest BCUT2D eigenvalue weighted by atomic mass is 10.1. The molecule has 0 saturated carbocycles. The van der Waals surface area contributed by atoms with Gasteiger partial charge in [0.25, 0.3) is 11.4 Å². The molecule has 0 spiro atoms. The molecule has 0 bridgehead atoms. The summed E-state index contributed by atoms with van der Waals surface area (Å²) in [5, 5.41) is 20.2. The molecule has 12 heteroatoms.